The number of piperidine rings is 1. The summed E-state index contributed by atoms with van der Waals surface area (Å²) in [5, 5.41) is 12.2. The Labute approximate surface area is 114 Å². The molecule has 2 rings (SSSR count). The summed E-state index contributed by atoms with van der Waals surface area (Å²) in [6.07, 6.45) is 2.34. The highest BCUT2D eigenvalue weighted by molar-refractivity contribution is 5.44. The van der Waals surface area contributed by atoms with Gasteiger partial charge in [-0.25, -0.2) is 0 Å². The van der Waals surface area contributed by atoms with Gasteiger partial charge < -0.3 is 19.9 Å². The fourth-order valence-electron chi connectivity index (χ4n) is 2.48. The van der Waals surface area contributed by atoms with Crippen molar-refractivity contribution in [3.63, 3.8) is 0 Å². The van der Waals surface area contributed by atoms with E-state index in [0.29, 0.717) is 24.9 Å². The summed E-state index contributed by atoms with van der Waals surface area (Å²) >= 11 is 0. The molecule has 2 N–H and O–H groups in total. The molecule has 4 nitrogen and oxygen atoms in total. The molecule has 0 unspecified atom stereocenters. The Morgan fingerprint density at radius 1 is 1.21 bits per heavy atom. The zero-order valence-electron chi connectivity index (χ0n) is 11.5. The SMILES string of the molecule is CCOc1cc(C2CCNCC2)ccc1OCCO. The van der Waals surface area contributed by atoms with Gasteiger partial charge in [0.15, 0.2) is 11.5 Å². The fourth-order valence-corrected chi connectivity index (χ4v) is 2.48. The molecule has 0 bridgehead atoms. The van der Waals surface area contributed by atoms with Crippen LogP contribution in [0.1, 0.15) is 31.2 Å². The zero-order valence-corrected chi connectivity index (χ0v) is 11.5. The first kappa shape index (κ1) is 14.2. The molecule has 1 aromatic carbocycles. The zero-order chi connectivity index (χ0) is 13.5. The van der Waals surface area contributed by atoms with E-state index in [1.165, 1.54) is 18.4 Å². The van der Waals surface area contributed by atoms with E-state index in [4.69, 9.17) is 14.6 Å². The van der Waals surface area contributed by atoms with Gasteiger partial charge in [0.1, 0.15) is 6.61 Å². The topological polar surface area (TPSA) is 50.7 Å². The van der Waals surface area contributed by atoms with Gasteiger partial charge in [-0.05, 0) is 56.5 Å². The van der Waals surface area contributed by atoms with E-state index in [9.17, 15) is 0 Å². The summed E-state index contributed by atoms with van der Waals surface area (Å²) in [7, 11) is 0. The Morgan fingerprint density at radius 3 is 2.68 bits per heavy atom. The summed E-state index contributed by atoms with van der Waals surface area (Å²) in [5.74, 6) is 2.10. The van der Waals surface area contributed by atoms with E-state index in [1.54, 1.807) is 0 Å². The van der Waals surface area contributed by atoms with E-state index < -0.39 is 0 Å². The molecular formula is C15H23NO3. The lowest BCUT2D eigenvalue weighted by molar-refractivity contribution is 0.194. The first-order chi connectivity index (χ1) is 9.35. The third kappa shape index (κ3) is 3.85. The Balaban J connectivity index is 2.14. The second-order valence-corrected chi connectivity index (χ2v) is 4.74. The standard InChI is InChI=1S/C15H23NO3/c1-2-18-15-11-13(12-5-7-16-8-6-12)3-4-14(15)19-10-9-17/h3-4,11-12,16-17H,2,5-10H2,1H3. The summed E-state index contributed by atoms with van der Waals surface area (Å²) in [5.41, 5.74) is 1.32. The molecule has 1 heterocycles. The average molecular weight is 265 g/mol. The minimum atomic E-state index is 0.0155. The van der Waals surface area contributed by atoms with Crippen LogP contribution in [0.2, 0.25) is 0 Å². The van der Waals surface area contributed by atoms with Gasteiger partial charge in [0.25, 0.3) is 0 Å². The number of nitrogens with one attached hydrogen (secondary N) is 1. The molecule has 0 amide bonds. The van der Waals surface area contributed by atoms with Crippen molar-refractivity contribution in [3.8, 4) is 11.5 Å². The number of hydrogen-bond donors (Lipinski definition) is 2. The predicted octanol–water partition coefficient (Wildman–Crippen LogP) is 1.92. The van der Waals surface area contributed by atoms with Gasteiger partial charge in [-0.2, -0.15) is 0 Å². The number of ether oxygens (including phenoxy) is 2. The second-order valence-electron chi connectivity index (χ2n) is 4.74. The Morgan fingerprint density at radius 2 is 2.00 bits per heavy atom. The van der Waals surface area contributed by atoms with Crippen molar-refractivity contribution in [3.05, 3.63) is 23.8 Å². The molecule has 19 heavy (non-hydrogen) atoms. The molecule has 0 aliphatic carbocycles. The van der Waals surface area contributed by atoms with Gasteiger partial charge in [-0.3, -0.25) is 0 Å². The maximum Gasteiger partial charge on any atom is 0.161 e. The molecule has 1 aliphatic heterocycles. The van der Waals surface area contributed by atoms with Crippen molar-refractivity contribution in [1.29, 1.82) is 0 Å². The van der Waals surface area contributed by atoms with Crippen molar-refractivity contribution < 1.29 is 14.6 Å². The molecule has 1 fully saturated rings. The lowest BCUT2D eigenvalue weighted by atomic mass is 9.90. The number of rotatable bonds is 6. The van der Waals surface area contributed by atoms with Crippen LogP contribution < -0.4 is 14.8 Å². The average Bonchev–Trinajstić information content (AvgIpc) is 2.47. The highest BCUT2D eigenvalue weighted by Gasteiger charge is 2.17. The van der Waals surface area contributed by atoms with Crippen molar-refractivity contribution in [2.75, 3.05) is 32.9 Å². The van der Waals surface area contributed by atoms with Gasteiger partial charge in [0, 0.05) is 0 Å². The molecule has 1 aliphatic rings. The molecule has 0 radical (unpaired) electrons. The van der Waals surface area contributed by atoms with Crippen LogP contribution in [-0.4, -0.2) is 38.0 Å². The lowest BCUT2D eigenvalue weighted by Gasteiger charge is -2.24. The maximum absolute atomic E-state index is 8.83. The molecule has 0 spiro atoms. The van der Waals surface area contributed by atoms with Crippen LogP contribution in [0.5, 0.6) is 11.5 Å². The first-order valence-corrected chi connectivity index (χ1v) is 7.06. The van der Waals surface area contributed by atoms with Gasteiger partial charge in [-0.1, -0.05) is 6.07 Å². The van der Waals surface area contributed by atoms with Crippen LogP contribution in [0.25, 0.3) is 0 Å². The summed E-state index contributed by atoms with van der Waals surface area (Å²) in [6, 6.07) is 6.16. The highest BCUT2D eigenvalue weighted by atomic mass is 16.5. The van der Waals surface area contributed by atoms with E-state index in [-0.39, 0.29) is 6.61 Å². The highest BCUT2D eigenvalue weighted by Crippen LogP contribution is 2.34. The van der Waals surface area contributed by atoms with Crippen LogP contribution >= 0.6 is 0 Å². The Bertz CT molecular complexity index is 389. The van der Waals surface area contributed by atoms with Gasteiger partial charge in [0.2, 0.25) is 0 Å². The molecular weight excluding hydrogens is 242 g/mol. The van der Waals surface area contributed by atoms with Crippen molar-refractivity contribution >= 4 is 0 Å². The summed E-state index contributed by atoms with van der Waals surface area (Å²) < 4.78 is 11.1. The summed E-state index contributed by atoms with van der Waals surface area (Å²) in [4.78, 5) is 0. The number of hydrogen-bond acceptors (Lipinski definition) is 4. The lowest BCUT2D eigenvalue weighted by Crippen LogP contribution is -2.26. The third-order valence-electron chi connectivity index (χ3n) is 3.43. The van der Waals surface area contributed by atoms with Gasteiger partial charge >= 0.3 is 0 Å². The van der Waals surface area contributed by atoms with Crippen LogP contribution in [0.15, 0.2) is 18.2 Å². The second kappa shape index (κ2) is 7.36. The van der Waals surface area contributed by atoms with Crippen molar-refractivity contribution in [2.24, 2.45) is 0 Å². The molecule has 106 valence electrons. The molecule has 0 aromatic heterocycles. The largest absolute Gasteiger partial charge is 0.490 e. The minimum absolute atomic E-state index is 0.0155. The van der Waals surface area contributed by atoms with Gasteiger partial charge in [-0.15, -0.1) is 0 Å². The first-order valence-electron chi connectivity index (χ1n) is 7.06. The predicted molar refractivity (Wildman–Crippen MR) is 75.0 cm³/mol. The number of aliphatic hydroxyl groups is 1. The van der Waals surface area contributed by atoms with Crippen LogP contribution in [-0.2, 0) is 0 Å². The fraction of sp³-hybridized carbons (Fsp3) is 0.600. The van der Waals surface area contributed by atoms with Crippen molar-refractivity contribution in [1.82, 2.24) is 5.32 Å². The van der Waals surface area contributed by atoms with Crippen LogP contribution in [0.4, 0.5) is 0 Å². The molecule has 0 saturated carbocycles. The van der Waals surface area contributed by atoms with Crippen molar-refractivity contribution in [2.45, 2.75) is 25.7 Å². The maximum atomic E-state index is 8.83. The molecule has 1 saturated heterocycles. The monoisotopic (exact) mass is 265 g/mol. The van der Waals surface area contributed by atoms with Gasteiger partial charge in [0.05, 0.1) is 13.2 Å². The molecule has 1 aromatic rings. The van der Waals surface area contributed by atoms with E-state index in [1.807, 2.05) is 13.0 Å². The van der Waals surface area contributed by atoms with E-state index in [2.05, 4.69) is 17.4 Å². The van der Waals surface area contributed by atoms with Crippen LogP contribution in [0, 0.1) is 0 Å². The molecule has 0 atom stereocenters. The Kier molecular flexibility index (Phi) is 5.48. The molecule has 4 heteroatoms. The summed E-state index contributed by atoms with van der Waals surface area (Å²) in [6.45, 7) is 5.06. The van der Waals surface area contributed by atoms with Crippen LogP contribution in [0.3, 0.4) is 0 Å². The normalized spacial score (nSPS) is 16.3. The third-order valence-corrected chi connectivity index (χ3v) is 3.43. The number of benzene rings is 1. The van der Waals surface area contributed by atoms with E-state index >= 15 is 0 Å². The minimum Gasteiger partial charge on any atom is -0.490 e. The smallest absolute Gasteiger partial charge is 0.161 e. The quantitative estimate of drug-likeness (QED) is 0.825. The number of aliphatic hydroxyl groups excluding tert-OH is 1. The Hall–Kier alpha value is -1.26. The van der Waals surface area contributed by atoms with E-state index in [0.717, 1.165) is 18.8 Å².